The molecule has 0 aliphatic carbocycles. The maximum Gasteiger partial charge on any atom is 0.191 e. The number of guanidine groups is 1. The van der Waals surface area contributed by atoms with Crippen molar-refractivity contribution in [2.24, 2.45) is 4.99 Å². The van der Waals surface area contributed by atoms with Crippen LogP contribution in [-0.2, 0) is 14.6 Å². The van der Waals surface area contributed by atoms with Crippen molar-refractivity contribution in [2.75, 3.05) is 64.5 Å². The van der Waals surface area contributed by atoms with Gasteiger partial charge in [-0.15, -0.1) is 24.0 Å². The van der Waals surface area contributed by atoms with Crippen LogP contribution in [0.15, 0.2) is 4.99 Å². The summed E-state index contributed by atoms with van der Waals surface area (Å²) in [7, 11) is -1.25. The summed E-state index contributed by atoms with van der Waals surface area (Å²) in [6, 6.07) is 0. The Morgan fingerprint density at radius 2 is 1.86 bits per heavy atom. The zero-order chi connectivity index (χ0) is 14.8. The predicted octanol–water partition coefficient (Wildman–Crippen LogP) is -0.464. The van der Waals surface area contributed by atoms with Gasteiger partial charge in [-0.25, -0.2) is 8.42 Å². The fourth-order valence-electron chi connectivity index (χ4n) is 1.85. The van der Waals surface area contributed by atoms with Gasteiger partial charge < -0.3 is 15.4 Å². The van der Waals surface area contributed by atoms with Gasteiger partial charge >= 0.3 is 0 Å². The minimum atomic E-state index is -2.93. The Morgan fingerprint density at radius 3 is 2.43 bits per heavy atom. The van der Waals surface area contributed by atoms with Crippen LogP contribution in [-0.4, -0.2) is 83.8 Å². The van der Waals surface area contributed by atoms with E-state index in [9.17, 15) is 8.42 Å². The van der Waals surface area contributed by atoms with Crippen LogP contribution in [0.25, 0.3) is 0 Å². The zero-order valence-corrected chi connectivity index (χ0v) is 15.9. The van der Waals surface area contributed by atoms with Crippen molar-refractivity contribution in [1.82, 2.24) is 15.5 Å². The first kappa shape index (κ1) is 20.9. The molecule has 1 saturated heterocycles. The molecule has 1 aliphatic heterocycles. The Balaban J connectivity index is 0.00000400. The van der Waals surface area contributed by atoms with Gasteiger partial charge in [-0.3, -0.25) is 9.89 Å². The Labute approximate surface area is 144 Å². The third kappa shape index (κ3) is 9.48. The quantitative estimate of drug-likeness (QED) is 0.321. The minimum Gasteiger partial charge on any atom is -0.379 e. The van der Waals surface area contributed by atoms with E-state index in [0.29, 0.717) is 12.5 Å². The highest BCUT2D eigenvalue weighted by Crippen LogP contribution is 1.94. The molecule has 0 aromatic rings. The van der Waals surface area contributed by atoms with Crippen LogP contribution in [0, 0.1) is 0 Å². The molecule has 21 heavy (non-hydrogen) atoms. The summed E-state index contributed by atoms with van der Waals surface area (Å²) in [4.78, 5) is 6.40. The van der Waals surface area contributed by atoms with E-state index >= 15 is 0 Å². The number of sulfone groups is 1. The maximum absolute atomic E-state index is 11.4. The lowest BCUT2D eigenvalue weighted by Crippen LogP contribution is -2.45. The Kier molecular flexibility index (Phi) is 11.4. The molecule has 0 atom stereocenters. The van der Waals surface area contributed by atoms with Crippen LogP contribution in [0.2, 0.25) is 0 Å². The summed E-state index contributed by atoms with van der Waals surface area (Å²) in [6.07, 6.45) is 0. The van der Waals surface area contributed by atoms with Crippen LogP contribution in [0.3, 0.4) is 0 Å². The van der Waals surface area contributed by atoms with E-state index in [2.05, 4.69) is 20.5 Å². The van der Waals surface area contributed by atoms with E-state index in [1.165, 1.54) is 0 Å². The number of aliphatic imine (C=N–C) groups is 1. The van der Waals surface area contributed by atoms with E-state index < -0.39 is 9.84 Å². The maximum atomic E-state index is 11.4. The smallest absolute Gasteiger partial charge is 0.191 e. The number of morpholine rings is 1. The molecule has 0 aromatic heterocycles. The second-order valence-corrected chi connectivity index (χ2v) is 7.09. The number of halogens is 1. The van der Waals surface area contributed by atoms with Crippen LogP contribution in [0.5, 0.6) is 0 Å². The Hall–Kier alpha value is -0.130. The van der Waals surface area contributed by atoms with Crippen molar-refractivity contribution in [3.8, 4) is 0 Å². The summed E-state index contributed by atoms with van der Waals surface area (Å²) in [5, 5.41) is 6.20. The largest absolute Gasteiger partial charge is 0.379 e. The summed E-state index contributed by atoms with van der Waals surface area (Å²) >= 11 is 0. The van der Waals surface area contributed by atoms with Gasteiger partial charge in [0.05, 0.1) is 19.0 Å². The van der Waals surface area contributed by atoms with Gasteiger partial charge in [0.25, 0.3) is 0 Å². The Morgan fingerprint density at radius 1 is 1.24 bits per heavy atom. The van der Waals surface area contributed by atoms with Gasteiger partial charge in [-0.2, -0.15) is 0 Å². The standard InChI is InChI=1S/C12H26N4O3S.HI/c1-3-20(17,18)11-5-15-12(13-2)14-4-6-16-7-9-19-10-8-16;/h3-11H2,1-2H3,(H2,13,14,15);1H. The number of nitrogens with zero attached hydrogens (tertiary/aromatic N) is 2. The van der Waals surface area contributed by atoms with E-state index in [-0.39, 0.29) is 35.5 Å². The molecule has 0 amide bonds. The zero-order valence-electron chi connectivity index (χ0n) is 12.8. The van der Waals surface area contributed by atoms with E-state index in [1.807, 2.05) is 0 Å². The SMILES string of the molecule is CCS(=O)(=O)CCNC(=NC)NCCN1CCOCC1.I. The lowest BCUT2D eigenvalue weighted by molar-refractivity contribution is 0.0389. The van der Waals surface area contributed by atoms with Crippen molar-refractivity contribution in [1.29, 1.82) is 0 Å². The second-order valence-electron chi connectivity index (χ2n) is 4.62. The van der Waals surface area contributed by atoms with Gasteiger partial charge in [0.1, 0.15) is 0 Å². The molecule has 9 heteroatoms. The van der Waals surface area contributed by atoms with Crippen molar-refractivity contribution in [3.05, 3.63) is 0 Å². The van der Waals surface area contributed by atoms with E-state index in [0.717, 1.165) is 39.4 Å². The van der Waals surface area contributed by atoms with Crippen molar-refractivity contribution >= 4 is 39.8 Å². The molecular formula is C12H27IN4O3S. The molecule has 1 aliphatic rings. The monoisotopic (exact) mass is 434 g/mol. The molecule has 1 rings (SSSR count). The van der Waals surface area contributed by atoms with Crippen LogP contribution in [0.4, 0.5) is 0 Å². The van der Waals surface area contributed by atoms with E-state index in [1.54, 1.807) is 14.0 Å². The second kappa shape index (κ2) is 11.4. The van der Waals surface area contributed by atoms with E-state index in [4.69, 9.17) is 4.74 Å². The minimum absolute atomic E-state index is 0. The predicted molar refractivity (Wildman–Crippen MR) is 96.4 cm³/mol. The lowest BCUT2D eigenvalue weighted by Gasteiger charge is -2.26. The molecule has 126 valence electrons. The molecule has 2 N–H and O–H groups in total. The van der Waals surface area contributed by atoms with Crippen molar-refractivity contribution in [3.63, 3.8) is 0 Å². The summed E-state index contributed by atoms with van der Waals surface area (Å²) < 4.78 is 28.0. The number of rotatable bonds is 7. The summed E-state index contributed by atoms with van der Waals surface area (Å²) in [5.74, 6) is 0.954. The molecule has 7 nitrogen and oxygen atoms in total. The molecule has 0 saturated carbocycles. The van der Waals surface area contributed by atoms with Gasteiger partial charge in [0.15, 0.2) is 15.8 Å². The highest BCUT2D eigenvalue weighted by atomic mass is 127. The highest BCUT2D eigenvalue weighted by molar-refractivity contribution is 14.0. The number of hydrogen-bond donors (Lipinski definition) is 2. The average Bonchev–Trinajstić information content (AvgIpc) is 2.46. The summed E-state index contributed by atoms with van der Waals surface area (Å²) in [5.41, 5.74) is 0. The Bertz CT molecular complexity index is 397. The van der Waals surface area contributed by atoms with Gasteiger partial charge in [0.2, 0.25) is 0 Å². The first-order valence-corrected chi connectivity index (χ1v) is 8.84. The first-order chi connectivity index (χ1) is 9.57. The van der Waals surface area contributed by atoms with Gasteiger partial charge in [0, 0.05) is 45.5 Å². The van der Waals surface area contributed by atoms with Crippen molar-refractivity contribution < 1.29 is 13.2 Å². The first-order valence-electron chi connectivity index (χ1n) is 7.02. The lowest BCUT2D eigenvalue weighted by atomic mass is 10.4. The van der Waals surface area contributed by atoms with Crippen molar-refractivity contribution in [2.45, 2.75) is 6.92 Å². The molecule has 0 unspecified atom stereocenters. The van der Waals surface area contributed by atoms with Crippen LogP contribution >= 0.6 is 24.0 Å². The average molecular weight is 434 g/mol. The highest BCUT2D eigenvalue weighted by Gasteiger charge is 2.10. The number of nitrogens with one attached hydrogen (secondary N) is 2. The molecule has 0 radical (unpaired) electrons. The normalized spacial score (nSPS) is 17.1. The number of ether oxygens (including phenoxy) is 1. The molecule has 0 bridgehead atoms. The van der Waals surface area contributed by atoms with Crippen LogP contribution < -0.4 is 10.6 Å². The topological polar surface area (TPSA) is 83.0 Å². The molecular weight excluding hydrogens is 407 g/mol. The number of hydrogen-bond acceptors (Lipinski definition) is 5. The van der Waals surface area contributed by atoms with Gasteiger partial charge in [-0.1, -0.05) is 6.92 Å². The fraction of sp³-hybridized carbons (Fsp3) is 0.917. The fourth-order valence-corrected chi connectivity index (χ4v) is 2.55. The van der Waals surface area contributed by atoms with Crippen LogP contribution in [0.1, 0.15) is 6.92 Å². The third-order valence-electron chi connectivity index (χ3n) is 3.19. The summed E-state index contributed by atoms with van der Waals surface area (Å²) in [6.45, 7) is 7.25. The molecule has 1 fully saturated rings. The molecule has 0 aromatic carbocycles. The molecule has 1 heterocycles. The molecule has 0 spiro atoms. The van der Waals surface area contributed by atoms with Gasteiger partial charge in [-0.05, 0) is 0 Å². The third-order valence-corrected chi connectivity index (χ3v) is 4.90.